The fourth-order valence-corrected chi connectivity index (χ4v) is 3.32. The third kappa shape index (κ3) is 4.37. The van der Waals surface area contributed by atoms with Crippen LogP contribution in [-0.2, 0) is 11.2 Å². The van der Waals surface area contributed by atoms with Crippen LogP contribution in [0.3, 0.4) is 0 Å². The van der Waals surface area contributed by atoms with Crippen molar-refractivity contribution in [2.75, 3.05) is 12.4 Å². The molecule has 0 atom stereocenters. The number of pyridine rings is 1. The minimum absolute atomic E-state index is 0. The lowest BCUT2D eigenvalue weighted by atomic mass is 10.1. The lowest BCUT2D eigenvalue weighted by molar-refractivity contribution is 0.0520. The molecular formula is C17H19ClN2O2S. The minimum Gasteiger partial charge on any atom is -0.462 e. The number of aromatic nitrogens is 1. The molecule has 0 amide bonds. The maximum Gasteiger partial charge on any atom is 0.341 e. The highest BCUT2D eigenvalue weighted by Gasteiger charge is 2.21. The van der Waals surface area contributed by atoms with E-state index in [1.807, 2.05) is 31.2 Å². The predicted octanol–water partition coefficient (Wildman–Crippen LogP) is 4.40. The highest BCUT2D eigenvalue weighted by molar-refractivity contribution is 7.99. The van der Waals surface area contributed by atoms with Gasteiger partial charge in [-0.3, -0.25) is 4.98 Å². The van der Waals surface area contributed by atoms with Crippen LogP contribution in [0.1, 0.15) is 36.3 Å². The van der Waals surface area contributed by atoms with Crippen molar-refractivity contribution < 1.29 is 9.53 Å². The number of aryl methyl sites for hydroxylation is 1. The Kier molecular flexibility index (Phi) is 7.87. The van der Waals surface area contributed by atoms with Crippen molar-refractivity contribution >= 4 is 41.0 Å². The Labute approximate surface area is 146 Å². The van der Waals surface area contributed by atoms with Gasteiger partial charge in [0.15, 0.2) is 0 Å². The number of nitrogens with zero attached hydrogens (tertiary/aromatic N) is 2. The molecule has 2 aromatic rings. The van der Waals surface area contributed by atoms with Crippen LogP contribution < -0.4 is 0 Å². The second-order valence-corrected chi connectivity index (χ2v) is 5.72. The van der Waals surface area contributed by atoms with Gasteiger partial charge < -0.3 is 4.74 Å². The molecule has 0 aliphatic carbocycles. The average molecular weight is 351 g/mol. The molecule has 0 saturated carbocycles. The van der Waals surface area contributed by atoms with E-state index < -0.39 is 0 Å². The predicted molar refractivity (Wildman–Crippen MR) is 95.3 cm³/mol. The number of halogens is 1. The van der Waals surface area contributed by atoms with Gasteiger partial charge in [-0.2, -0.15) is 5.26 Å². The molecule has 0 spiro atoms. The molecule has 0 saturated heterocycles. The molecule has 0 fully saturated rings. The van der Waals surface area contributed by atoms with Crippen LogP contribution in [0.25, 0.3) is 10.9 Å². The van der Waals surface area contributed by atoms with E-state index in [4.69, 9.17) is 10.00 Å². The zero-order chi connectivity index (χ0) is 15.9. The highest BCUT2D eigenvalue weighted by atomic mass is 35.5. The first-order valence-electron chi connectivity index (χ1n) is 7.31. The van der Waals surface area contributed by atoms with E-state index in [0.717, 1.165) is 21.5 Å². The normalized spacial score (nSPS) is 9.96. The van der Waals surface area contributed by atoms with Crippen molar-refractivity contribution in [2.24, 2.45) is 0 Å². The van der Waals surface area contributed by atoms with E-state index in [1.54, 1.807) is 6.92 Å². The molecule has 0 N–H and O–H groups in total. The molecule has 1 aromatic heterocycles. The molecule has 4 nitrogen and oxygen atoms in total. The summed E-state index contributed by atoms with van der Waals surface area (Å²) in [5, 5.41) is 9.69. The van der Waals surface area contributed by atoms with Crippen molar-refractivity contribution in [1.29, 1.82) is 5.26 Å². The highest BCUT2D eigenvalue weighted by Crippen LogP contribution is 2.33. The number of carbonyl (C=O) groups is 1. The first-order valence-corrected chi connectivity index (χ1v) is 8.29. The Balaban J connectivity index is 0.00000264. The zero-order valence-electron chi connectivity index (χ0n) is 13.2. The van der Waals surface area contributed by atoms with Crippen molar-refractivity contribution in [2.45, 2.75) is 31.6 Å². The molecule has 2 rings (SSSR count). The van der Waals surface area contributed by atoms with E-state index in [2.05, 4.69) is 11.1 Å². The van der Waals surface area contributed by atoms with Crippen LogP contribution in [0.2, 0.25) is 0 Å². The van der Waals surface area contributed by atoms with Gasteiger partial charge in [-0.05, 0) is 19.4 Å². The molecule has 122 valence electrons. The lowest BCUT2D eigenvalue weighted by Gasteiger charge is -2.14. The third-order valence-electron chi connectivity index (χ3n) is 3.19. The van der Waals surface area contributed by atoms with Crippen molar-refractivity contribution in [1.82, 2.24) is 4.98 Å². The largest absolute Gasteiger partial charge is 0.462 e. The van der Waals surface area contributed by atoms with E-state index >= 15 is 0 Å². The number of para-hydroxylation sites is 1. The molecule has 1 heterocycles. The van der Waals surface area contributed by atoms with Crippen molar-refractivity contribution in [3.63, 3.8) is 0 Å². The Morgan fingerprint density at radius 3 is 2.74 bits per heavy atom. The van der Waals surface area contributed by atoms with Gasteiger partial charge in [0, 0.05) is 22.5 Å². The fraction of sp³-hybridized carbons (Fsp3) is 0.353. The number of hydrogen-bond donors (Lipinski definition) is 0. The zero-order valence-corrected chi connectivity index (χ0v) is 14.8. The summed E-state index contributed by atoms with van der Waals surface area (Å²) in [4.78, 5) is 17.9. The van der Waals surface area contributed by atoms with Gasteiger partial charge in [-0.25, -0.2) is 4.79 Å². The maximum atomic E-state index is 12.4. The molecule has 0 radical (unpaired) electrons. The Hall–Kier alpha value is -1.77. The lowest BCUT2D eigenvalue weighted by Crippen LogP contribution is -2.12. The number of esters is 1. The summed E-state index contributed by atoms with van der Waals surface area (Å²) in [5.41, 5.74) is 2.16. The number of thioether (sulfide) groups is 1. The Morgan fingerprint density at radius 2 is 2.09 bits per heavy atom. The van der Waals surface area contributed by atoms with Gasteiger partial charge in [-0.15, -0.1) is 24.2 Å². The molecule has 23 heavy (non-hydrogen) atoms. The summed E-state index contributed by atoms with van der Waals surface area (Å²) in [6.45, 7) is 4.10. The SMILES string of the molecule is CCOC(=O)c1c(CC)nc2ccccc2c1SCCC#N.Cl. The molecule has 1 aromatic carbocycles. The van der Waals surface area contributed by atoms with E-state index in [-0.39, 0.29) is 18.4 Å². The summed E-state index contributed by atoms with van der Waals surface area (Å²) in [6.07, 6.45) is 1.09. The minimum atomic E-state index is -0.336. The first kappa shape index (κ1) is 19.3. The number of carbonyl (C=O) groups excluding carboxylic acids is 1. The third-order valence-corrected chi connectivity index (χ3v) is 4.32. The quantitative estimate of drug-likeness (QED) is 0.439. The number of benzene rings is 1. The van der Waals surface area contributed by atoms with Gasteiger partial charge in [0.05, 0.1) is 29.5 Å². The van der Waals surface area contributed by atoms with E-state index in [9.17, 15) is 4.79 Å². The maximum absolute atomic E-state index is 12.4. The van der Waals surface area contributed by atoms with Gasteiger partial charge in [-0.1, -0.05) is 25.1 Å². The van der Waals surface area contributed by atoms with Crippen LogP contribution in [-0.4, -0.2) is 23.3 Å². The van der Waals surface area contributed by atoms with E-state index in [1.165, 1.54) is 11.8 Å². The van der Waals surface area contributed by atoms with Crippen LogP contribution in [0.4, 0.5) is 0 Å². The topological polar surface area (TPSA) is 63.0 Å². The number of ether oxygens (including phenoxy) is 1. The summed E-state index contributed by atoms with van der Waals surface area (Å²) >= 11 is 1.52. The summed E-state index contributed by atoms with van der Waals surface area (Å²) in [5.74, 6) is 0.303. The van der Waals surface area contributed by atoms with E-state index in [0.29, 0.717) is 30.8 Å². The average Bonchev–Trinajstić information content (AvgIpc) is 2.54. The van der Waals surface area contributed by atoms with Gasteiger partial charge in [0.2, 0.25) is 0 Å². The molecule has 0 aliphatic rings. The van der Waals surface area contributed by atoms with Crippen molar-refractivity contribution in [3.05, 3.63) is 35.5 Å². The van der Waals surface area contributed by atoms with Gasteiger partial charge in [0.25, 0.3) is 0 Å². The van der Waals surface area contributed by atoms with Crippen LogP contribution in [0.5, 0.6) is 0 Å². The number of rotatable bonds is 6. The van der Waals surface area contributed by atoms with Gasteiger partial charge >= 0.3 is 5.97 Å². The number of fused-ring (bicyclic) bond motifs is 1. The van der Waals surface area contributed by atoms with Crippen LogP contribution >= 0.6 is 24.2 Å². The second-order valence-electron chi connectivity index (χ2n) is 4.61. The molecule has 0 unspecified atom stereocenters. The van der Waals surface area contributed by atoms with Gasteiger partial charge in [0.1, 0.15) is 0 Å². The van der Waals surface area contributed by atoms with Crippen LogP contribution in [0, 0.1) is 11.3 Å². The molecular weight excluding hydrogens is 332 g/mol. The fourth-order valence-electron chi connectivity index (χ4n) is 2.25. The smallest absolute Gasteiger partial charge is 0.341 e. The first-order chi connectivity index (χ1) is 10.7. The monoisotopic (exact) mass is 350 g/mol. The van der Waals surface area contributed by atoms with Crippen LogP contribution in [0.15, 0.2) is 29.2 Å². The number of hydrogen-bond acceptors (Lipinski definition) is 5. The van der Waals surface area contributed by atoms with Crippen molar-refractivity contribution in [3.8, 4) is 6.07 Å². The standard InChI is InChI=1S/C17H18N2O2S.ClH/c1-3-13-15(17(20)21-4-2)16(22-11-7-10-18)12-8-5-6-9-14(12)19-13;/h5-6,8-9H,3-4,7,11H2,1-2H3;1H. The Bertz CT molecular complexity index is 728. The molecule has 0 bridgehead atoms. The second kappa shape index (κ2) is 9.39. The Morgan fingerprint density at radius 1 is 1.35 bits per heavy atom. The molecule has 6 heteroatoms. The number of nitriles is 1. The molecule has 0 aliphatic heterocycles. The summed E-state index contributed by atoms with van der Waals surface area (Å²) < 4.78 is 5.21. The summed E-state index contributed by atoms with van der Waals surface area (Å²) in [7, 11) is 0. The summed E-state index contributed by atoms with van der Waals surface area (Å²) in [6, 6.07) is 9.90.